The summed E-state index contributed by atoms with van der Waals surface area (Å²) in [5, 5.41) is 0. The fraction of sp³-hybridized carbons (Fsp3) is 0.500. The van der Waals surface area contributed by atoms with E-state index in [0.29, 0.717) is 11.5 Å². The molecule has 0 bridgehead atoms. The minimum atomic E-state index is -0.160. The molecule has 0 radical (unpaired) electrons. The molecule has 2 N–H and O–H groups in total. The third kappa shape index (κ3) is 4.99. The number of hydrogen-bond donors (Lipinski definition) is 2. The molecule has 2 aromatic carbocycles. The highest BCUT2D eigenvalue weighted by atomic mass is 16.6. The third-order valence-corrected chi connectivity index (χ3v) is 4.88. The van der Waals surface area contributed by atoms with Gasteiger partial charge in [-0.1, -0.05) is 41.5 Å². The zero-order valence-electron chi connectivity index (χ0n) is 19.9. The van der Waals surface area contributed by atoms with Crippen molar-refractivity contribution in [3.63, 3.8) is 0 Å². The van der Waals surface area contributed by atoms with Gasteiger partial charge >= 0.3 is 0 Å². The van der Waals surface area contributed by atoms with E-state index in [1.54, 1.807) is 28.3 Å². The molecule has 0 aliphatic carbocycles. The van der Waals surface area contributed by atoms with Gasteiger partial charge in [-0.15, -0.1) is 0 Å². The van der Waals surface area contributed by atoms with E-state index in [1.807, 2.05) is 24.3 Å². The molecule has 0 fully saturated rings. The summed E-state index contributed by atoms with van der Waals surface area (Å²) in [5.74, 6) is 2.95. The van der Waals surface area contributed by atoms with Gasteiger partial charge in [-0.2, -0.15) is 11.0 Å². The van der Waals surface area contributed by atoms with Crippen molar-refractivity contribution in [2.45, 2.75) is 52.4 Å². The fourth-order valence-electron chi connectivity index (χ4n) is 3.51. The molecule has 0 amide bonds. The first kappa shape index (κ1) is 23.8. The molecule has 6 nitrogen and oxygen atoms in total. The normalized spacial score (nSPS) is 11.9. The molecule has 6 heteroatoms. The van der Waals surface area contributed by atoms with E-state index in [1.165, 1.54) is 0 Å². The minimum absolute atomic E-state index is 0.160. The van der Waals surface area contributed by atoms with Gasteiger partial charge < -0.3 is 19.1 Å². The summed E-state index contributed by atoms with van der Waals surface area (Å²) in [5.41, 5.74) is 9.03. The lowest BCUT2D eigenvalue weighted by atomic mass is 9.81. The van der Waals surface area contributed by atoms with E-state index >= 15 is 0 Å². The van der Waals surface area contributed by atoms with Crippen LogP contribution in [0.15, 0.2) is 24.3 Å². The monoisotopic (exact) mass is 416 g/mol. The predicted octanol–water partition coefficient (Wildman–Crippen LogP) is 4.99. The molecule has 0 saturated carbocycles. The number of benzene rings is 2. The van der Waals surface area contributed by atoms with Crippen LogP contribution in [0.3, 0.4) is 0 Å². The average Bonchev–Trinajstić information content (AvgIpc) is 2.65. The summed E-state index contributed by atoms with van der Waals surface area (Å²) in [4.78, 5) is 11.3. The lowest BCUT2D eigenvalue weighted by Crippen LogP contribution is -2.17. The number of hydrogen-bond acceptors (Lipinski definition) is 6. The molecule has 0 aromatic heterocycles. The Kier molecular flexibility index (Phi) is 7.27. The summed E-state index contributed by atoms with van der Waals surface area (Å²) in [6.45, 7) is 12.9. The van der Waals surface area contributed by atoms with Crippen LogP contribution in [0.2, 0.25) is 0 Å². The smallest absolute Gasteiger partial charge is 0.148 e. The SMILES string of the molecule is CNOc1cc(-c2cc(ONC)cc(C(C)(C)C)c2OC)c(OC)c(C(C)(C)C)c1. The number of rotatable bonds is 7. The van der Waals surface area contributed by atoms with E-state index in [9.17, 15) is 0 Å². The van der Waals surface area contributed by atoms with Gasteiger partial charge in [0.25, 0.3) is 0 Å². The Morgan fingerprint density at radius 2 is 0.933 bits per heavy atom. The van der Waals surface area contributed by atoms with E-state index in [0.717, 1.165) is 33.8 Å². The van der Waals surface area contributed by atoms with Crippen LogP contribution in [0.25, 0.3) is 11.1 Å². The molecule has 166 valence electrons. The van der Waals surface area contributed by atoms with Crippen LogP contribution < -0.4 is 30.1 Å². The summed E-state index contributed by atoms with van der Waals surface area (Å²) in [6, 6.07) is 7.92. The van der Waals surface area contributed by atoms with Crippen molar-refractivity contribution in [2.24, 2.45) is 0 Å². The number of hydroxylamine groups is 2. The first-order valence-corrected chi connectivity index (χ1v) is 10.1. The van der Waals surface area contributed by atoms with Crippen molar-refractivity contribution < 1.29 is 19.1 Å². The molecule has 0 heterocycles. The van der Waals surface area contributed by atoms with Crippen molar-refractivity contribution in [3.05, 3.63) is 35.4 Å². The molecule has 0 unspecified atom stereocenters. The van der Waals surface area contributed by atoms with E-state index in [2.05, 4.69) is 52.5 Å². The van der Waals surface area contributed by atoms with Crippen LogP contribution in [0.1, 0.15) is 52.7 Å². The second-order valence-corrected chi connectivity index (χ2v) is 9.22. The third-order valence-electron chi connectivity index (χ3n) is 4.88. The fourth-order valence-corrected chi connectivity index (χ4v) is 3.51. The van der Waals surface area contributed by atoms with E-state index in [4.69, 9.17) is 19.1 Å². The summed E-state index contributed by atoms with van der Waals surface area (Å²) in [7, 11) is 6.86. The van der Waals surface area contributed by atoms with Gasteiger partial charge in [0.05, 0.1) is 14.2 Å². The Morgan fingerprint density at radius 3 is 1.17 bits per heavy atom. The molecule has 0 aliphatic heterocycles. The van der Waals surface area contributed by atoms with Gasteiger partial charge in [-0.3, -0.25) is 0 Å². The van der Waals surface area contributed by atoms with E-state index in [-0.39, 0.29) is 10.8 Å². The van der Waals surface area contributed by atoms with E-state index < -0.39 is 0 Å². The highest BCUT2D eigenvalue weighted by Crippen LogP contribution is 2.48. The van der Waals surface area contributed by atoms with Gasteiger partial charge in [0, 0.05) is 36.3 Å². The van der Waals surface area contributed by atoms with Crippen molar-refractivity contribution in [1.82, 2.24) is 11.0 Å². The standard InChI is InChI=1S/C24H36N2O4/c1-23(2,3)19-13-15(29-25-7)11-17(21(19)27-9)18-12-16(30-26-8)14-20(22(18)28-10)24(4,5)6/h11-14,25-26H,1-10H3. The highest BCUT2D eigenvalue weighted by molar-refractivity contribution is 5.81. The zero-order chi connectivity index (χ0) is 22.7. The minimum Gasteiger partial charge on any atom is -0.496 e. The molecule has 0 spiro atoms. The van der Waals surface area contributed by atoms with Gasteiger partial charge in [0.1, 0.15) is 23.0 Å². The Balaban J connectivity index is 2.97. The summed E-state index contributed by atoms with van der Waals surface area (Å²) >= 11 is 0. The number of methoxy groups -OCH3 is 2. The van der Waals surface area contributed by atoms with Crippen molar-refractivity contribution in [3.8, 4) is 34.1 Å². The molecule has 2 rings (SSSR count). The van der Waals surface area contributed by atoms with Gasteiger partial charge in [-0.25, -0.2) is 0 Å². The van der Waals surface area contributed by atoms with Crippen molar-refractivity contribution >= 4 is 0 Å². The Labute approximate surface area is 180 Å². The Hall–Kier alpha value is -2.44. The highest BCUT2D eigenvalue weighted by Gasteiger charge is 2.28. The molecule has 0 atom stereocenters. The number of ether oxygens (including phenoxy) is 2. The van der Waals surface area contributed by atoms with Gasteiger partial charge in [-0.05, 0) is 35.1 Å². The van der Waals surface area contributed by atoms with Crippen molar-refractivity contribution in [1.29, 1.82) is 0 Å². The van der Waals surface area contributed by atoms with Gasteiger partial charge in [0.2, 0.25) is 0 Å². The van der Waals surface area contributed by atoms with Crippen LogP contribution in [0.5, 0.6) is 23.0 Å². The maximum absolute atomic E-state index is 5.93. The maximum Gasteiger partial charge on any atom is 0.148 e. The molecular weight excluding hydrogens is 380 g/mol. The topological polar surface area (TPSA) is 61.0 Å². The van der Waals surface area contributed by atoms with Crippen LogP contribution in [-0.4, -0.2) is 28.3 Å². The van der Waals surface area contributed by atoms with Crippen molar-refractivity contribution in [2.75, 3.05) is 28.3 Å². The Morgan fingerprint density at radius 1 is 0.600 bits per heavy atom. The molecule has 0 saturated heterocycles. The zero-order valence-corrected chi connectivity index (χ0v) is 19.9. The second kappa shape index (κ2) is 9.14. The largest absolute Gasteiger partial charge is 0.496 e. The summed E-state index contributed by atoms with van der Waals surface area (Å²) < 4.78 is 11.9. The molecular formula is C24H36N2O4. The lowest BCUT2D eigenvalue weighted by molar-refractivity contribution is 0.222. The van der Waals surface area contributed by atoms with Crippen LogP contribution in [0.4, 0.5) is 0 Å². The molecule has 2 aromatic rings. The van der Waals surface area contributed by atoms with Crippen LogP contribution >= 0.6 is 0 Å². The first-order chi connectivity index (χ1) is 14.0. The van der Waals surface area contributed by atoms with Crippen LogP contribution in [-0.2, 0) is 10.8 Å². The maximum atomic E-state index is 5.93. The predicted molar refractivity (Wildman–Crippen MR) is 122 cm³/mol. The first-order valence-electron chi connectivity index (χ1n) is 10.1. The quantitative estimate of drug-likeness (QED) is 0.620. The van der Waals surface area contributed by atoms with Gasteiger partial charge in [0.15, 0.2) is 0 Å². The lowest BCUT2D eigenvalue weighted by Gasteiger charge is -2.28. The average molecular weight is 417 g/mol. The molecule has 0 aliphatic rings. The Bertz CT molecular complexity index is 807. The second-order valence-electron chi connectivity index (χ2n) is 9.22. The molecule has 30 heavy (non-hydrogen) atoms. The van der Waals surface area contributed by atoms with Crippen LogP contribution in [0, 0.1) is 0 Å². The summed E-state index contributed by atoms with van der Waals surface area (Å²) in [6.07, 6.45) is 0. The number of nitrogens with one attached hydrogen (secondary N) is 2.